The first-order valence-corrected chi connectivity index (χ1v) is 5.44. The minimum Gasteiger partial charge on any atom is -0.300 e. The fraction of sp³-hybridized carbons (Fsp3) is 0.462. The molecule has 0 heterocycles. The lowest BCUT2D eigenvalue weighted by atomic mass is 9.83. The van der Waals surface area contributed by atoms with Gasteiger partial charge in [-0.2, -0.15) is 0 Å². The van der Waals surface area contributed by atoms with Crippen molar-refractivity contribution in [2.24, 2.45) is 0 Å². The smallest absolute Gasteiger partial charge is 0.132 e. The van der Waals surface area contributed by atoms with E-state index in [0.29, 0.717) is 18.6 Å². The Hall–Kier alpha value is -1.18. The molecule has 15 heavy (non-hydrogen) atoms. The van der Waals surface area contributed by atoms with E-state index < -0.39 is 0 Å². The summed E-state index contributed by atoms with van der Waals surface area (Å²) < 4.78 is 13.6. The number of hydrogen-bond acceptors (Lipinski definition) is 1. The Bertz CT molecular complexity index is 374. The summed E-state index contributed by atoms with van der Waals surface area (Å²) in [7, 11) is 0. The maximum absolute atomic E-state index is 13.6. The van der Waals surface area contributed by atoms with Crippen LogP contribution in [-0.4, -0.2) is 5.78 Å². The Morgan fingerprint density at radius 2 is 1.93 bits per heavy atom. The molecule has 80 valence electrons. The number of halogens is 1. The molecule has 0 aromatic heterocycles. The van der Waals surface area contributed by atoms with Crippen molar-refractivity contribution in [3.63, 3.8) is 0 Å². The third kappa shape index (κ3) is 2.25. The Morgan fingerprint density at radius 3 is 2.60 bits per heavy atom. The fourth-order valence-electron chi connectivity index (χ4n) is 2.23. The van der Waals surface area contributed by atoms with Crippen molar-refractivity contribution in [2.75, 3.05) is 0 Å². The van der Waals surface area contributed by atoms with Crippen molar-refractivity contribution in [1.82, 2.24) is 0 Å². The molecule has 1 aliphatic rings. The number of ketones is 1. The standard InChI is InChI=1S/C13H15FO/c1-9-2-7-13(14)12(8-9)10-3-5-11(15)6-4-10/h2,7-8,10H,3-6H2,1H3. The van der Waals surface area contributed by atoms with Gasteiger partial charge in [-0.3, -0.25) is 4.79 Å². The van der Waals surface area contributed by atoms with Crippen LogP contribution in [-0.2, 0) is 4.79 Å². The molecule has 0 aliphatic heterocycles. The van der Waals surface area contributed by atoms with Crippen molar-refractivity contribution in [3.05, 3.63) is 35.1 Å². The third-order valence-electron chi connectivity index (χ3n) is 3.13. The number of rotatable bonds is 1. The van der Waals surface area contributed by atoms with Crippen LogP contribution in [0.15, 0.2) is 18.2 Å². The molecule has 1 aliphatic carbocycles. The van der Waals surface area contributed by atoms with Crippen molar-refractivity contribution in [2.45, 2.75) is 38.5 Å². The Morgan fingerprint density at radius 1 is 1.27 bits per heavy atom. The minimum atomic E-state index is -0.125. The summed E-state index contributed by atoms with van der Waals surface area (Å²) in [5, 5.41) is 0. The molecular weight excluding hydrogens is 191 g/mol. The summed E-state index contributed by atoms with van der Waals surface area (Å²) in [6.45, 7) is 1.97. The highest BCUT2D eigenvalue weighted by Crippen LogP contribution is 2.32. The zero-order chi connectivity index (χ0) is 10.8. The van der Waals surface area contributed by atoms with Gasteiger partial charge in [0.05, 0.1) is 0 Å². The number of aryl methyl sites for hydroxylation is 1. The van der Waals surface area contributed by atoms with Crippen LogP contribution in [0.4, 0.5) is 4.39 Å². The molecule has 1 nitrogen and oxygen atoms in total. The molecule has 2 rings (SSSR count). The quantitative estimate of drug-likeness (QED) is 0.688. The second kappa shape index (κ2) is 4.13. The predicted octanol–water partition coefficient (Wildman–Crippen LogP) is 3.36. The SMILES string of the molecule is Cc1ccc(F)c(C2CCC(=O)CC2)c1. The number of benzene rings is 1. The van der Waals surface area contributed by atoms with Crippen LogP contribution in [0, 0.1) is 12.7 Å². The highest BCUT2D eigenvalue weighted by atomic mass is 19.1. The molecular formula is C13H15FO. The molecule has 0 unspecified atom stereocenters. The lowest BCUT2D eigenvalue weighted by molar-refractivity contribution is -0.120. The first-order valence-electron chi connectivity index (χ1n) is 5.44. The fourth-order valence-corrected chi connectivity index (χ4v) is 2.23. The van der Waals surface area contributed by atoms with Crippen LogP contribution in [0.25, 0.3) is 0 Å². The predicted molar refractivity (Wildman–Crippen MR) is 57.4 cm³/mol. The average Bonchev–Trinajstić information content (AvgIpc) is 2.23. The molecule has 0 amide bonds. The lowest BCUT2D eigenvalue weighted by Gasteiger charge is -2.22. The van der Waals surface area contributed by atoms with E-state index in [4.69, 9.17) is 0 Å². The average molecular weight is 206 g/mol. The molecule has 0 spiro atoms. The van der Waals surface area contributed by atoms with E-state index in [1.165, 1.54) is 6.07 Å². The van der Waals surface area contributed by atoms with Crippen LogP contribution in [0.3, 0.4) is 0 Å². The topological polar surface area (TPSA) is 17.1 Å². The van der Waals surface area contributed by atoms with Crippen LogP contribution < -0.4 is 0 Å². The van der Waals surface area contributed by atoms with Crippen molar-refractivity contribution >= 4 is 5.78 Å². The van der Waals surface area contributed by atoms with E-state index in [-0.39, 0.29) is 11.7 Å². The number of hydrogen-bond donors (Lipinski definition) is 0. The molecule has 0 saturated heterocycles. The minimum absolute atomic E-state index is 0.125. The summed E-state index contributed by atoms with van der Waals surface area (Å²) >= 11 is 0. The molecule has 0 radical (unpaired) electrons. The van der Waals surface area contributed by atoms with Gasteiger partial charge in [0.25, 0.3) is 0 Å². The second-order valence-corrected chi connectivity index (χ2v) is 4.34. The third-order valence-corrected chi connectivity index (χ3v) is 3.13. The Kier molecular flexibility index (Phi) is 2.85. The van der Waals surface area contributed by atoms with E-state index in [2.05, 4.69) is 0 Å². The van der Waals surface area contributed by atoms with Gasteiger partial charge < -0.3 is 0 Å². The zero-order valence-electron chi connectivity index (χ0n) is 8.92. The summed E-state index contributed by atoms with van der Waals surface area (Å²) in [6.07, 6.45) is 2.83. The van der Waals surface area contributed by atoms with Gasteiger partial charge in [0.2, 0.25) is 0 Å². The number of carbonyl (C=O) groups excluding carboxylic acids is 1. The lowest BCUT2D eigenvalue weighted by Crippen LogP contribution is -2.13. The highest BCUT2D eigenvalue weighted by molar-refractivity contribution is 5.79. The maximum Gasteiger partial charge on any atom is 0.132 e. The first kappa shape index (κ1) is 10.3. The maximum atomic E-state index is 13.6. The van der Waals surface area contributed by atoms with Crippen LogP contribution in [0.2, 0.25) is 0 Å². The Balaban J connectivity index is 2.21. The summed E-state index contributed by atoms with van der Waals surface area (Å²) in [6, 6.07) is 5.23. The summed E-state index contributed by atoms with van der Waals surface area (Å²) in [4.78, 5) is 11.1. The summed E-state index contributed by atoms with van der Waals surface area (Å²) in [5.41, 5.74) is 1.88. The normalized spacial score (nSPS) is 18.1. The van der Waals surface area contributed by atoms with Gasteiger partial charge in [-0.25, -0.2) is 4.39 Å². The molecule has 1 fully saturated rings. The monoisotopic (exact) mass is 206 g/mol. The highest BCUT2D eigenvalue weighted by Gasteiger charge is 2.22. The van der Waals surface area contributed by atoms with Crippen LogP contribution in [0.5, 0.6) is 0 Å². The number of carbonyl (C=O) groups is 1. The van der Waals surface area contributed by atoms with Crippen LogP contribution in [0.1, 0.15) is 42.7 Å². The van der Waals surface area contributed by atoms with Gasteiger partial charge in [0.15, 0.2) is 0 Å². The zero-order valence-corrected chi connectivity index (χ0v) is 8.92. The van der Waals surface area contributed by atoms with E-state index in [0.717, 1.165) is 24.0 Å². The van der Waals surface area contributed by atoms with Crippen molar-refractivity contribution < 1.29 is 9.18 Å². The molecule has 2 heteroatoms. The molecule has 0 N–H and O–H groups in total. The van der Waals surface area contributed by atoms with Gasteiger partial charge in [0.1, 0.15) is 11.6 Å². The van der Waals surface area contributed by atoms with Gasteiger partial charge in [-0.05, 0) is 37.3 Å². The molecule has 1 aromatic rings. The largest absolute Gasteiger partial charge is 0.300 e. The van der Waals surface area contributed by atoms with E-state index in [1.54, 1.807) is 6.07 Å². The van der Waals surface area contributed by atoms with E-state index in [9.17, 15) is 9.18 Å². The van der Waals surface area contributed by atoms with Gasteiger partial charge in [0, 0.05) is 12.8 Å². The van der Waals surface area contributed by atoms with E-state index in [1.807, 2.05) is 13.0 Å². The molecule has 1 aromatic carbocycles. The Labute approximate surface area is 89.3 Å². The summed E-state index contributed by atoms with van der Waals surface area (Å²) in [5.74, 6) is 0.432. The van der Waals surface area contributed by atoms with Crippen LogP contribution >= 0.6 is 0 Å². The number of Topliss-reactive ketones (excluding diaryl/α,β-unsaturated/α-hetero) is 1. The molecule has 1 saturated carbocycles. The molecule has 0 atom stereocenters. The van der Waals surface area contributed by atoms with Crippen molar-refractivity contribution in [3.8, 4) is 0 Å². The second-order valence-electron chi connectivity index (χ2n) is 4.34. The van der Waals surface area contributed by atoms with Crippen molar-refractivity contribution in [1.29, 1.82) is 0 Å². The van der Waals surface area contributed by atoms with Gasteiger partial charge >= 0.3 is 0 Å². The van der Waals surface area contributed by atoms with E-state index >= 15 is 0 Å². The van der Waals surface area contributed by atoms with Gasteiger partial charge in [-0.1, -0.05) is 17.7 Å². The molecule has 0 bridgehead atoms. The van der Waals surface area contributed by atoms with Gasteiger partial charge in [-0.15, -0.1) is 0 Å². The first-order chi connectivity index (χ1) is 7.16.